The summed E-state index contributed by atoms with van der Waals surface area (Å²) < 4.78 is 0. The number of ketones is 1. The first-order valence-electron chi connectivity index (χ1n) is 3.97. The molecule has 0 heterocycles. The molecule has 0 radical (unpaired) electrons. The lowest BCUT2D eigenvalue weighted by Gasteiger charge is -1.97. The van der Waals surface area contributed by atoms with E-state index in [1.165, 1.54) is 0 Å². The van der Waals surface area contributed by atoms with E-state index in [1.807, 2.05) is 0 Å². The van der Waals surface area contributed by atoms with E-state index in [1.54, 1.807) is 30.3 Å². The molecule has 0 aliphatic carbocycles. The fraction of sp³-hybridized carbons (Fsp3) is 0.0909. The predicted molar refractivity (Wildman–Crippen MR) is 51.5 cm³/mol. The molecular weight excluding hydrogens is 164 g/mol. The zero-order valence-electron chi connectivity index (χ0n) is 7.19. The van der Waals surface area contributed by atoms with Crippen LogP contribution in [0.15, 0.2) is 30.8 Å². The van der Waals surface area contributed by atoms with E-state index < -0.39 is 0 Å². The van der Waals surface area contributed by atoms with Crippen molar-refractivity contribution in [2.75, 3.05) is 0 Å². The summed E-state index contributed by atoms with van der Waals surface area (Å²) in [5, 5.41) is 0. The molecule has 1 aromatic rings. The Morgan fingerprint density at radius 3 is 2.38 bits per heavy atom. The van der Waals surface area contributed by atoms with Gasteiger partial charge < -0.3 is 4.79 Å². The zero-order chi connectivity index (χ0) is 9.68. The van der Waals surface area contributed by atoms with Gasteiger partial charge in [0.1, 0.15) is 6.29 Å². The molecular formula is C11H10O2. The smallest absolute Gasteiger partial charge is 0.169 e. The number of aldehydes is 1. The minimum absolute atomic E-state index is 0.0482. The van der Waals surface area contributed by atoms with Gasteiger partial charge in [0, 0.05) is 5.56 Å². The van der Waals surface area contributed by atoms with E-state index >= 15 is 0 Å². The standard InChI is InChI=1S/C11H10O2/c1-2-9-3-5-10(6-4-9)11(13)7-8-12/h2-6,8H,1,7H2. The fourth-order valence-corrected chi connectivity index (χ4v) is 0.999. The summed E-state index contributed by atoms with van der Waals surface area (Å²) in [6, 6.07) is 6.99. The van der Waals surface area contributed by atoms with E-state index in [0.717, 1.165) is 5.56 Å². The summed E-state index contributed by atoms with van der Waals surface area (Å²) >= 11 is 0. The molecule has 0 spiro atoms. The summed E-state index contributed by atoms with van der Waals surface area (Å²) in [5.74, 6) is -0.148. The normalized spacial score (nSPS) is 9.23. The van der Waals surface area contributed by atoms with Gasteiger partial charge in [0.15, 0.2) is 5.78 Å². The van der Waals surface area contributed by atoms with Crippen LogP contribution in [0.25, 0.3) is 6.08 Å². The lowest BCUT2D eigenvalue weighted by atomic mass is 10.1. The van der Waals surface area contributed by atoms with Crippen LogP contribution in [0.2, 0.25) is 0 Å². The Morgan fingerprint density at radius 2 is 1.92 bits per heavy atom. The largest absolute Gasteiger partial charge is 0.303 e. The van der Waals surface area contributed by atoms with Crippen molar-refractivity contribution in [2.24, 2.45) is 0 Å². The molecule has 13 heavy (non-hydrogen) atoms. The molecule has 0 saturated heterocycles. The summed E-state index contributed by atoms with van der Waals surface area (Å²) in [6.07, 6.45) is 2.27. The van der Waals surface area contributed by atoms with Crippen molar-refractivity contribution in [3.05, 3.63) is 42.0 Å². The third kappa shape index (κ3) is 2.37. The number of hydrogen-bond acceptors (Lipinski definition) is 2. The Hall–Kier alpha value is -1.70. The topological polar surface area (TPSA) is 34.1 Å². The van der Waals surface area contributed by atoms with Gasteiger partial charge in [-0.15, -0.1) is 0 Å². The molecule has 0 saturated carbocycles. The van der Waals surface area contributed by atoms with E-state index in [-0.39, 0.29) is 12.2 Å². The lowest BCUT2D eigenvalue weighted by Crippen LogP contribution is -1.98. The third-order valence-electron chi connectivity index (χ3n) is 1.74. The Kier molecular flexibility index (Phi) is 3.15. The van der Waals surface area contributed by atoms with Gasteiger partial charge in [0.25, 0.3) is 0 Å². The molecule has 2 heteroatoms. The van der Waals surface area contributed by atoms with Crippen LogP contribution in [0.3, 0.4) is 0 Å². The second-order valence-corrected chi connectivity index (χ2v) is 2.62. The van der Waals surface area contributed by atoms with Crippen molar-refractivity contribution < 1.29 is 9.59 Å². The van der Waals surface area contributed by atoms with Crippen LogP contribution in [0, 0.1) is 0 Å². The highest BCUT2D eigenvalue weighted by atomic mass is 16.1. The predicted octanol–water partition coefficient (Wildman–Crippen LogP) is 2.10. The van der Waals surface area contributed by atoms with Crippen molar-refractivity contribution in [1.82, 2.24) is 0 Å². The van der Waals surface area contributed by atoms with Crippen LogP contribution in [0.5, 0.6) is 0 Å². The number of hydrogen-bond donors (Lipinski definition) is 0. The van der Waals surface area contributed by atoms with Crippen LogP contribution in [0.1, 0.15) is 22.3 Å². The van der Waals surface area contributed by atoms with Crippen LogP contribution < -0.4 is 0 Å². The van der Waals surface area contributed by atoms with Gasteiger partial charge in [-0.05, 0) is 5.56 Å². The summed E-state index contributed by atoms with van der Waals surface area (Å²) in [5.41, 5.74) is 1.53. The summed E-state index contributed by atoms with van der Waals surface area (Å²) in [4.78, 5) is 21.3. The number of Topliss-reactive ketones (excluding diaryl/α,β-unsaturated/α-hetero) is 1. The molecule has 0 aliphatic heterocycles. The lowest BCUT2D eigenvalue weighted by molar-refractivity contribution is -0.107. The average Bonchev–Trinajstić information content (AvgIpc) is 2.18. The van der Waals surface area contributed by atoms with Gasteiger partial charge in [-0.1, -0.05) is 36.9 Å². The first-order valence-corrected chi connectivity index (χ1v) is 3.97. The Balaban J connectivity index is 2.85. The van der Waals surface area contributed by atoms with E-state index in [0.29, 0.717) is 11.8 Å². The molecule has 0 bridgehead atoms. The number of carbonyl (C=O) groups is 2. The molecule has 66 valence electrons. The molecule has 0 aliphatic rings. The SMILES string of the molecule is C=Cc1ccc(C(=O)CC=O)cc1. The van der Waals surface area contributed by atoms with Crippen LogP contribution >= 0.6 is 0 Å². The Labute approximate surface area is 76.9 Å². The molecule has 0 amide bonds. The van der Waals surface area contributed by atoms with Crippen molar-refractivity contribution in [3.8, 4) is 0 Å². The highest BCUT2D eigenvalue weighted by molar-refractivity contribution is 6.02. The minimum atomic E-state index is -0.148. The van der Waals surface area contributed by atoms with Crippen molar-refractivity contribution in [1.29, 1.82) is 0 Å². The van der Waals surface area contributed by atoms with Crippen LogP contribution in [-0.2, 0) is 4.79 Å². The number of carbonyl (C=O) groups excluding carboxylic acids is 2. The highest BCUT2D eigenvalue weighted by Crippen LogP contribution is 2.06. The maximum atomic E-state index is 11.2. The maximum absolute atomic E-state index is 11.2. The number of rotatable bonds is 4. The quantitative estimate of drug-likeness (QED) is 0.398. The Bertz CT molecular complexity index is 322. The minimum Gasteiger partial charge on any atom is -0.303 e. The fourth-order valence-electron chi connectivity index (χ4n) is 0.999. The van der Waals surface area contributed by atoms with E-state index in [4.69, 9.17) is 0 Å². The molecule has 1 aromatic carbocycles. The second kappa shape index (κ2) is 4.36. The molecule has 1 rings (SSSR count). The molecule has 0 N–H and O–H groups in total. The van der Waals surface area contributed by atoms with Gasteiger partial charge in [-0.2, -0.15) is 0 Å². The third-order valence-corrected chi connectivity index (χ3v) is 1.74. The molecule has 0 unspecified atom stereocenters. The van der Waals surface area contributed by atoms with Gasteiger partial charge >= 0.3 is 0 Å². The van der Waals surface area contributed by atoms with Crippen LogP contribution in [0.4, 0.5) is 0 Å². The molecule has 0 fully saturated rings. The van der Waals surface area contributed by atoms with Crippen molar-refractivity contribution in [2.45, 2.75) is 6.42 Å². The monoisotopic (exact) mass is 174 g/mol. The Morgan fingerprint density at radius 1 is 1.31 bits per heavy atom. The first-order chi connectivity index (χ1) is 6.27. The first kappa shape index (κ1) is 9.39. The molecule has 0 aromatic heterocycles. The summed E-state index contributed by atoms with van der Waals surface area (Å²) in [6.45, 7) is 3.60. The van der Waals surface area contributed by atoms with E-state index in [9.17, 15) is 9.59 Å². The van der Waals surface area contributed by atoms with Crippen molar-refractivity contribution >= 4 is 18.1 Å². The van der Waals surface area contributed by atoms with Gasteiger partial charge in [-0.3, -0.25) is 4.79 Å². The highest BCUT2D eigenvalue weighted by Gasteiger charge is 2.03. The zero-order valence-corrected chi connectivity index (χ0v) is 7.19. The van der Waals surface area contributed by atoms with Crippen LogP contribution in [-0.4, -0.2) is 12.1 Å². The molecule has 0 atom stereocenters. The average molecular weight is 174 g/mol. The van der Waals surface area contributed by atoms with E-state index in [2.05, 4.69) is 6.58 Å². The van der Waals surface area contributed by atoms with Gasteiger partial charge in [0.05, 0.1) is 6.42 Å². The number of benzene rings is 1. The van der Waals surface area contributed by atoms with Gasteiger partial charge in [0.2, 0.25) is 0 Å². The van der Waals surface area contributed by atoms with Crippen molar-refractivity contribution in [3.63, 3.8) is 0 Å². The maximum Gasteiger partial charge on any atom is 0.169 e. The second-order valence-electron chi connectivity index (χ2n) is 2.62. The summed E-state index contributed by atoms with van der Waals surface area (Å²) in [7, 11) is 0. The molecule has 2 nitrogen and oxygen atoms in total. The van der Waals surface area contributed by atoms with Gasteiger partial charge in [-0.25, -0.2) is 0 Å².